The molecule has 0 amide bonds. The average Bonchev–Trinajstić information content (AvgIpc) is 2.42. The van der Waals surface area contributed by atoms with Gasteiger partial charge in [-0.2, -0.15) is 0 Å². The Bertz CT molecular complexity index is 375. The van der Waals surface area contributed by atoms with Gasteiger partial charge in [0.2, 0.25) is 0 Å². The van der Waals surface area contributed by atoms with Crippen LogP contribution in [-0.2, 0) is 0 Å². The minimum atomic E-state index is -0.981. The minimum Gasteiger partial charge on any atom is -0.491 e. The number of hydrogen-bond acceptors (Lipinski definition) is 2. The summed E-state index contributed by atoms with van der Waals surface area (Å²) in [6.45, 7) is 2.15. The van der Waals surface area contributed by atoms with Crippen LogP contribution in [0.2, 0.25) is 0 Å². The lowest BCUT2D eigenvalue weighted by Gasteiger charge is -2.10. The summed E-state index contributed by atoms with van der Waals surface area (Å²) < 4.78 is 18.8. The molecular formula is C15H21FO3. The summed E-state index contributed by atoms with van der Waals surface area (Å²) in [5.41, 5.74) is 0.198. The number of carbonyl (C=O) groups is 1. The Hall–Kier alpha value is -1.58. The van der Waals surface area contributed by atoms with Gasteiger partial charge < -0.3 is 9.84 Å². The molecule has 0 aliphatic rings. The summed E-state index contributed by atoms with van der Waals surface area (Å²) in [4.78, 5) is 10.6. The fourth-order valence-electron chi connectivity index (χ4n) is 1.76. The molecule has 3 nitrogen and oxygen atoms in total. The first-order chi connectivity index (χ1) is 9.13. The fourth-order valence-corrected chi connectivity index (χ4v) is 1.76. The largest absolute Gasteiger partial charge is 0.491 e. The molecule has 0 spiro atoms. The zero-order chi connectivity index (χ0) is 14.1. The number of aromatic carboxylic acids is 1. The molecule has 1 atom stereocenters. The molecule has 0 radical (unpaired) electrons. The molecule has 0 bridgehead atoms. The number of alkyl halides is 1. The second-order valence-electron chi connectivity index (χ2n) is 4.59. The number of carboxylic acid groups (broad SMARTS) is 1. The topological polar surface area (TPSA) is 46.5 Å². The third-order valence-electron chi connectivity index (χ3n) is 2.90. The van der Waals surface area contributed by atoms with Gasteiger partial charge in [0.05, 0.1) is 5.56 Å². The maximum absolute atomic E-state index is 13.5. The lowest BCUT2D eigenvalue weighted by atomic mass is 10.1. The molecule has 0 saturated carbocycles. The van der Waals surface area contributed by atoms with Crippen molar-refractivity contribution in [3.63, 3.8) is 0 Å². The summed E-state index contributed by atoms with van der Waals surface area (Å²) in [7, 11) is 0. The predicted octanol–water partition coefficient (Wildman–Crippen LogP) is 4.07. The third-order valence-corrected chi connectivity index (χ3v) is 2.90. The van der Waals surface area contributed by atoms with E-state index in [-0.39, 0.29) is 12.2 Å². The Labute approximate surface area is 113 Å². The zero-order valence-corrected chi connectivity index (χ0v) is 11.3. The van der Waals surface area contributed by atoms with Gasteiger partial charge in [0.1, 0.15) is 18.5 Å². The van der Waals surface area contributed by atoms with Crippen molar-refractivity contribution in [1.29, 1.82) is 0 Å². The number of benzene rings is 1. The van der Waals surface area contributed by atoms with E-state index in [1.807, 2.05) is 0 Å². The Balaban J connectivity index is 2.25. The first-order valence-electron chi connectivity index (χ1n) is 6.73. The van der Waals surface area contributed by atoms with Gasteiger partial charge in [0.25, 0.3) is 0 Å². The molecule has 0 heterocycles. The van der Waals surface area contributed by atoms with Crippen LogP contribution >= 0.6 is 0 Å². The molecule has 1 rings (SSSR count). The maximum atomic E-state index is 13.5. The molecule has 1 aromatic carbocycles. The molecule has 4 heteroatoms. The number of hydrogen-bond donors (Lipinski definition) is 1. The molecule has 0 fully saturated rings. The summed E-state index contributed by atoms with van der Waals surface area (Å²) >= 11 is 0. The molecule has 0 aliphatic heterocycles. The maximum Gasteiger partial charge on any atom is 0.335 e. The zero-order valence-electron chi connectivity index (χ0n) is 11.3. The Kier molecular flexibility index (Phi) is 6.93. The number of ether oxygens (including phenoxy) is 1. The van der Waals surface area contributed by atoms with Crippen molar-refractivity contribution in [3.05, 3.63) is 29.8 Å². The van der Waals surface area contributed by atoms with E-state index >= 15 is 0 Å². The van der Waals surface area contributed by atoms with Crippen LogP contribution in [0.5, 0.6) is 5.75 Å². The molecule has 0 aliphatic carbocycles. The van der Waals surface area contributed by atoms with E-state index in [0.29, 0.717) is 12.2 Å². The van der Waals surface area contributed by atoms with E-state index in [4.69, 9.17) is 9.84 Å². The first kappa shape index (κ1) is 15.5. The SMILES string of the molecule is CCCCCC[C@H](F)COc1ccc(C(=O)O)cc1. The van der Waals surface area contributed by atoms with Crippen LogP contribution in [0.15, 0.2) is 24.3 Å². The minimum absolute atomic E-state index is 0.0263. The smallest absolute Gasteiger partial charge is 0.335 e. The van der Waals surface area contributed by atoms with E-state index in [1.165, 1.54) is 12.1 Å². The summed E-state index contributed by atoms with van der Waals surface area (Å²) in [5.74, 6) is -0.480. The van der Waals surface area contributed by atoms with Gasteiger partial charge in [0.15, 0.2) is 0 Å². The highest BCUT2D eigenvalue weighted by atomic mass is 19.1. The second-order valence-corrected chi connectivity index (χ2v) is 4.59. The van der Waals surface area contributed by atoms with E-state index in [2.05, 4.69) is 6.92 Å². The summed E-state index contributed by atoms with van der Waals surface area (Å²) in [5, 5.41) is 8.73. The monoisotopic (exact) mass is 268 g/mol. The molecular weight excluding hydrogens is 247 g/mol. The molecule has 0 saturated heterocycles. The van der Waals surface area contributed by atoms with Gasteiger partial charge in [-0.05, 0) is 30.7 Å². The van der Waals surface area contributed by atoms with E-state index in [1.54, 1.807) is 12.1 Å². The highest BCUT2D eigenvalue weighted by Crippen LogP contribution is 2.14. The van der Waals surface area contributed by atoms with Gasteiger partial charge in [-0.1, -0.05) is 32.6 Å². The van der Waals surface area contributed by atoms with Crippen LogP contribution in [0.4, 0.5) is 4.39 Å². The quantitative estimate of drug-likeness (QED) is 0.687. The van der Waals surface area contributed by atoms with Crippen molar-refractivity contribution in [1.82, 2.24) is 0 Å². The molecule has 0 aromatic heterocycles. The van der Waals surface area contributed by atoms with Gasteiger partial charge in [-0.25, -0.2) is 9.18 Å². The molecule has 19 heavy (non-hydrogen) atoms. The Morgan fingerprint density at radius 2 is 1.95 bits per heavy atom. The van der Waals surface area contributed by atoms with Crippen molar-refractivity contribution < 1.29 is 19.0 Å². The van der Waals surface area contributed by atoms with Gasteiger partial charge in [-0.3, -0.25) is 0 Å². The Morgan fingerprint density at radius 1 is 1.26 bits per heavy atom. The lowest BCUT2D eigenvalue weighted by molar-refractivity contribution is 0.0697. The van der Waals surface area contributed by atoms with Crippen molar-refractivity contribution in [2.45, 2.75) is 45.2 Å². The first-order valence-corrected chi connectivity index (χ1v) is 6.73. The van der Waals surface area contributed by atoms with Gasteiger partial charge >= 0.3 is 5.97 Å². The predicted molar refractivity (Wildman–Crippen MR) is 72.6 cm³/mol. The molecule has 106 valence electrons. The van der Waals surface area contributed by atoms with Crippen molar-refractivity contribution in [2.24, 2.45) is 0 Å². The lowest BCUT2D eigenvalue weighted by Crippen LogP contribution is -2.12. The molecule has 1 aromatic rings. The highest BCUT2D eigenvalue weighted by Gasteiger charge is 2.08. The van der Waals surface area contributed by atoms with Crippen LogP contribution in [-0.4, -0.2) is 23.9 Å². The van der Waals surface area contributed by atoms with E-state index < -0.39 is 12.1 Å². The van der Waals surface area contributed by atoms with Crippen LogP contribution < -0.4 is 4.74 Å². The number of halogens is 1. The number of carboxylic acids is 1. The summed E-state index contributed by atoms with van der Waals surface area (Å²) in [6.07, 6.45) is 3.79. The number of rotatable bonds is 9. The van der Waals surface area contributed by atoms with E-state index in [9.17, 15) is 9.18 Å². The van der Waals surface area contributed by atoms with Crippen molar-refractivity contribution in [3.8, 4) is 5.75 Å². The fraction of sp³-hybridized carbons (Fsp3) is 0.533. The van der Waals surface area contributed by atoms with Gasteiger partial charge in [-0.15, -0.1) is 0 Å². The van der Waals surface area contributed by atoms with Crippen LogP contribution in [0, 0.1) is 0 Å². The van der Waals surface area contributed by atoms with Crippen molar-refractivity contribution >= 4 is 5.97 Å². The van der Waals surface area contributed by atoms with Crippen LogP contribution in [0.1, 0.15) is 49.4 Å². The number of unbranched alkanes of at least 4 members (excludes halogenated alkanes) is 3. The third kappa shape index (κ3) is 6.22. The normalized spacial score (nSPS) is 12.1. The van der Waals surface area contributed by atoms with E-state index in [0.717, 1.165) is 25.7 Å². The molecule has 0 unspecified atom stereocenters. The Morgan fingerprint density at radius 3 is 2.53 bits per heavy atom. The highest BCUT2D eigenvalue weighted by molar-refractivity contribution is 5.87. The average molecular weight is 268 g/mol. The second kappa shape index (κ2) is 8.51. The van der Waals surface area contributed by atoms with Gasteiger partial charge in [0, 0.05) is 0 Å². The molecule has 1 N–H and O–H groups in total. The standard InChI is InChI=1S/C15H21FO3/c1-2-3-4-5-6-13(16)11-19-14-9-7-12(8-10-14)15(17)18/h7-10,13H,2-6,11H2,1H3,(H,17,18)/t13-/m0/s1. The summed E-state index contributed by atoms with van der Waals surface area (Å²) in [6, 6.07) is 6.00. The van der Waals surface area contributed by atoms with Crippen molar-refractivity contribution in [2.75, 3.05) is 6.61 Å². The van der Waals surface area contributed by atoms with Crippen LogP contribution in [0.3, 0.4) is 0 Å². The van der Waals surface area contributed by atoms with Crippen LogP contribution in [0.25, 0.3) is 0 Å².